The molecule has 0 spiro atoms. The number of hydrogen-bond donors (Lipinski definition) is 1. The standard InChI is InChI=1S/C18H13F3N4O2S2/c1-25-15(18(19,20)21)10-13(23-25)14-7-8-16(28-14)29(26,27)24-12-6-2-4-11-5-3-9-22-17(11)12/h2-10,24H,1H3. The number of anilines is 1. The molecule has 0 unspecified atom stereocenters. The number of hydrogen-bond acceptors (Lipinski definition) is 5. The van der Waals surface area contributed by atoms with Crippen LogP contribution in [0.2, 0.25) is 0 Å². The van der Waals surface area contributed by atoms with Crippen LogP contribution < -0.4 is 4.72 Å². The average Bonchev–Trinajstić information content (AvgIpc) is 3.28. The molecule has 0 bridgehead atoms. The minimum Gasteiger partial charge on any atom is -0.277 e. The normalized spacial score (nSPS) is 12.4. The summed E-state index contributed by atoms with van der Waals surface area (Å²) in [6, 6.07) is 12.3. The van der Waals surface area contributed by atoms with Gasteiger partial charge in [0.1, 0.15) is 15.6 Å². The number of halogens is 3. The fraction of sp³-hybridized carbons (Fsp3) is 0.111. The van der Waals surface area contributed by atoms with E-state index >= 15 is 0 Å². The van der Waals surface area contributed by atoms with E-state index in [0.717, 1.165) is 27.5 Å². The summed E-state index contributed by atoms with van der Waals surface area (Å²) >= 11 is 0.836. The van der Waals surface area contributed by atoms with Gasteiger partial charge in [-0.1, -0.05) is 18.2 Å². The molecule has 0 aliphatic carbocycles. The second-order valence-electron chi connectivity index (χ2n) is 6.14. The number of fused-ring (bicyclic) bond motifs is 1. The van der Waals surface area contributed by atoms with Crippen LogP contribution in [-0.2, 0) is 23.2 Å². The second-order valence-corrected chi connectivity index (χ2v) is 9.13. The summed E-state index contributed by atoms with van der Waals surface area (Å²) in [7, 11) is -2.76. The van der Waals surface area contributed by atoms with Crippen molar-refractivity contribution in [2.75, 3.05) is 4.72 Å². The van der Waals surface area contributed by atoms with Crippen LogP contribution in [0, 0.1) is 0 Å². The Morgan fingerprint density at radius 1 is 1.10 bits per heavy atom. The van der Waals surface area contributed by atoms with E-state index in [2.05, 4.69) is 14.8 Å². The van der Waals surface area contributed by atoms with Gasteiger partial charge in [0, 0.05) is 18.6 Å². The number of sulfonamides is 1. The van der Waals surface area contributed by atoms with Crippen LogP contribution in [0.4, 0.5) is 18.9 Å². The molecule has 150 valence electrons. The van der Waals surface area contributed by atoms with Crippen molar-refractivity contribution in [2.45, 2.75) is 10.4 Å². The molecule has 4 aromatic rings. The predicted octanol–water partition coefficient (Wildman–Crippen LogP) is 4.52. The Kier molecular flexibility index (Phi) is 4.58. The van der Waals surface area contributed by atoms with Gasteiger partial charge in [-0.15, -0.1) is 11.3 Å². The zero-order valence-electron chi connectivity index (χ0n) is 14.8. The lowest BCUT2D eigenvalue weighted by Gasteiger charge is -2.08. The molecule has 3 aromatic heterocycles. The molecule has 0 radical (unpaired) electrons. The Balaban J connectivity index is 1.67. The van der Waals surface area contributed by atoms with Crippen LogP contribution in [0.3, 0.4) is 0 Å². The van der Waals surface area contributed by atoms with E-state index in [1.807, 2.05) is 12.1 Å². The molecule has 6 nitrogen and oxygen atoms in total. The van der Waals surface area contributed by atoms with Gasteiger partial charge in [-0.3, -0.25) is 14.4 Å². The maximum Gasteiger partial charge on any atom is 0.433 e. The number of rotatable bonds is 4. The van der Waals surface area contributed by atoms with Crippen molar-refractivity contribution in [3.63, 3.8) is 0 Å². The van der Waals surface area contributed by atoms with Crippen LogP contribution in [-0.4, -0.2) is 23.2 Å². The number of aromatic nitrogens is 3. The zero-order valence-corrected chi connectivity index (χ0v) is 16.4. The summed E-state index contributed by atoms with van der Waals surface area (Å²) in [5, 5.41) is 4.62. The molecule has 1 aromatic carbocycles. The Bertz CT molecular complexity index is 1300. The highest BCUT2D eigenvalue weighted by Crippen LogP contribution is 2.35. The van der Waals surface area contributed by atoms with Crippen molar-refractivity contribution < 1.29 is 21.6 Å². The highest BCUT2D eigenvalue weighted by Gasteiger charge is 2.35. The first-order chi connectivity index (χ1) is 13.6. The Morgan fingerprint density at radius 2 is 1.86 bits per heavy atom. The van der Waals surface area contributed by atoms with Crippen LogP contribution in [0.1, 0.15) is 5.69 Å². The van der Waals surface area contributed by atoms with E-state index in [0.29, 0.717) is 16.1 Å². The molecule has 1 N–H and O–H groups in total. The average molecular weight is 438 g/mol. The topological polar surface area (TPSA) is 76.9 Å². The number of nitrogens with zero attached hydrogens (tertiary/aromatic N) is 3. The highest BCUT2D eigenvalue weighted by molar-refractivity contribution is 7.94. The maximum atomic E-state index is 13.0. The van der Waals surface area contributed by atoms with Gasteiger partial charge >= 0.3 is 6.18 Å². The number of nitrogens with one attached hydrogen (secondary N) is 1. The lowest BCUT2D eigenvalue weighted by molar-refractivity contribution is -0.143. The van der Waals surface area contributed by atoms with E-state index in [9.17, 15) is 21.6 Å². The third kappa shape index (κ3) is 3.70. The molecule has 4 rings (SSSR count). The van der Waals surface area contributed by atoms with Gasteiger partial charge in [0.2, 0.25) is 0 Å². The zero-order chi connectivity index (χ0) is 20.8. The number of aryl methyl sites for hydroxylation is 1. The van der Waals surface area contributed by atoms with Crippen molar-refractivity contribution in [1.82, 2.24) is 14.8 Å². The van der Waals surface area contributed by atoms with Gasteiger partial charge in [-0.2, -0.15) is 18.3 Å². The molecular weight excluding hydrogens is 425 g/mol. The lowest BCUT2D eigenvalue weighted by atomic mass is 10.2. The molecule has 0 saturated heterocycles. The molecule has 0 aliphatic rings. The van der Waals surface area contributed by atoms with Gasteiger partial charge in [0.25, 0.3) is 10.0 Å². The largest absolute Gasteiger partial charge is 0.433 e. The predicted molar refractivity (Wildman–Crippen MR) is 104 cm³/mol. The molecule has 0 saturated carbocycles. The number of para-hydroxylation sites is 1. The van der Waals surface area contributed by atoms with Crippen molar-refractivity contribution >= 4 is 38.0 Å². The highest BCUT2D eigenvalue weighted by atomic mass is 32.2. The third-order valence-corrected chi connectivity index (χ3v) is 7.11. The van der Waals surface area contributed by atoms with Crippen LogP contribution in [0.25, 0.3) is 21.5 Å². The van der Waals surface area contributed by atoms with Gasteiger partial charge in [-0.05, 0) is 30.3 Å². The number of benzene rings is 1. The van der Waals surface area contributed by atoms with E-state index in [1.54, 1.807) is 24.4 Å². The van der Waals surface area contributed by atoms with Gasteiger partial charge in [0.15, 0.2) is 0 Å². The summed E-state index contributed by atoms with van der Waals surface area (Å²) in [6.07, 6.45) is -2.99. The fourth-order valence-electron chi connectivity index (χ4n) is 2.84. The monoisotopic (exact) mass is 438 g/mol. The fourth-order valence-corrected chi connectivity index (χ4v) is 5.17. The number of thiophene rings is 1. The second kappa shape index (κ2) is 6.85. The van der Waals surface area contributed by atoms with Crippen LogP contribution >= 0.6 is 11.3 Å². The molecule has 0 fully saturated rings. The summed E-state index contributed by atoms with van der Waals surface area (Å²) in [4.78, 5) is 4.52. The number of alkyl halides is 3. The Morgan fingerprint density at radius 3 is 2.59 bits per heavy atom. The smallest absolute Gasteiger partial charge is 0.277 e. The van der Waals surface area contributed by atoms with Crippen molar-refractivity contribution in [2.24, 2.45) is 7.05 Å². The third-order valence-electron chi connectivity index (χ3n) is 4.15. The Labute approximate surface area is 167 Å². The van der Waals surface area contributed by atoms with Gasteiger partial charge in [0.05, 0.1) is 16.1 Å². The first-order valence-electron chi connectivity index (χ1n) is 8.23. The Hall–Kier alpha value is -2.92. The first kappa shape index (κ1) is 19.4. The number of pyridine rings is 1. The molecule has 3 heterocycles. The minimum atomic E-state index is -4.55. The molecule has 11 heteroatoms. The first-order valence-corrected chi connectivity index (χ1v) is 10.5. The molecule has 0 aliphatic heterocycles. The molecular formula is C18H13F3N4O2S2. The van der Waals surface area contributed by atoms with Crippen LogP contribution in [0.15, 0.2) is 58.9 Å². The van der Waals surface area contributed by atoms with Crippen LogP contribution in [0.5, 0.6) is 0 Å². The van der Waals surface area contributed by atoms with Crippen molar-refractivity contribution in [3.05, 3.63) is 60.4 Å². The summed E-state index contributed by atoms with van der Waals surface area (Å²) in [5.74, 6) is 0. The van der Waals surface area contributed by atoms with E-state index in [-0.39, 0.29) is 9.90 Å². The van der Waals surface area contributed by atoms with E-state index < -0.39 is 21.9 Å². The SMILES string of the molecule is Cn1nc(-c2ccc(S(=O)(=O)Nc3cccc4cccnc34)s2)cc1C(F)(F)F. The summed E-state index contributed by atoms with van der Waals surface area (Å²) in [6.45, 7) is 0. The minimum absolute atomic E-state index is 0.0420. The summed E-state index contributed by atoms with van der Waals surface area (Å²) in [5.41, 5.74) is -0.0477. The van der Waals surface area contributed by atoms with E-state index in [1.165, 1.54) is 19.2 Å². The quantitative estimate of drug-likeness (QED) is 0.508. The molecule has 0 amide bonds. The van der Waals surface area contributed by atoms with Crippen molar-refractivity contribution in [1.29, 1.82) is 0 Å². The van der Waals surface area contributed by atoms with Crippen molar-refractivity contribution in [3.8, 4) is 10.6 Å². The molecule has 0 atom stereocenters. The lowest BCUT2D eigenvalue weighted by Crippen LogP contribution is -2.11. The summed E-state index contributed by atoms with van der Waals surface area (Å²) < 4.78 is 67.7. The van der Waals surface area contributed by atoms with Gasteiger partial charge in [-0.25, -0.2) is 8.42 Å². The van der Waals surface area contributed by atoms with E-state index in [4.69, 9.17) is 0 Å². The van der Waals surface area contributed by atoms with Gasteiger partial charge < -0.3 is 0 Å². The molecule has 29 heavy (non-hydrogen) atoms. The maximum absolute atomic E-state index is 13.0.